The van der Waals surface area contributed by atoms with E-state index in [-0.39, 0.29) is 36.5 Å². The Hall–Kier alpha value is -4.06. The SMILES string of the molecule is CCc1cccc(CNC[C@@H](O)[C@H](Cc2cc(F)cc(F)c2)N(C(=O)CCC(N)=O)c2nnc(-c3ccccc3)s2)c1. The molecule has 2 atom stereocenters. The summed E-state index contributed by atoms with van der Waals surface area (Å²) in [5.74, 6) is -2.74. The maximum Gasteiger partial charge on any atom is 0.229 e. The second-order valence-corrected chi connectivity index (χ2v) is 10.9. The summed E-state index contributed by atoms with van der Waals surface area (Å²) in [7, 11) is 0. The number of hydrogen-bond acceptors (Lipinski definition) is 7. The lowest BCUT2D eigenvalue weighted by molar-refractivity contribution is -0.124. The van der Waals surface area contributed by atoms with Gasteiger partial charge in [-0.3, -0.25) is 14.5 Å². The molecule has 8 nitrogen and oxygen atoms in total. The number of halogens is 2. The number of aliphatic hydroxyl groups excluding tert-OH is 1. The van der Waals surface area contributed by atoms with Crippen LogP contribution in [0.5, 0.6) is 0 Å². The first-order chi connectivity index (χ1) is 20.2. The fourth-order valence-corrected chi connectivity index (χ4v) is 5.55. The molecule has 0 saturated carbocycles. The molecule has 0 aliphatic rings. The topological polar surface area (TPSA) is 121 Å². The Balaban J connectivity index is 1.66. The molecule has 0 spiro atoms. The molecule has 0 radical (unpaired) electrons. The molecule has 0 bridgehead atoms. The number of primary amides is 1. The molecule has 0 aliphatic heterocycles. The van der Waals surface area contributed by atoms with Crippen molar-refractivity contribution >= 4 is 28.3 Å². The number of aryl methyl sites for hydroxylation is 1. The van der Waals surface area contributed by atoms with Gasteiger partial charge >= 0.3 is 0 Å². The van der Waals surface area contributed by atoms with Gasteiger partial charge in [0.1, 0.15) is 16.6 Å². The quantitative estimate of drug-likeness (QED) is 0.199. The minimum absolute atomic E-state index is 0.0583. The van der Waals surface area contributed by atoms with Crippen molar-refractivity contribution < 1.29 is 23.5 Å². The Morgan fingerprint density at radius 1 is 0.952 bits per heavy atom. The highest BCUT2D eigenvalue weighted by atomic mass is 32.1. The van der Waals surface area contributed by atoms with Crippen molar-refractivity contribution in [2.24, 2.45) is 5.73 Å². The van der Waals surface area contributed by atoms with Gasteiger partial charge in [0.2, 0.25) is 16.9 Å². The molecule has 4 aromatic rings. The number of amides is 2. The largest absolute Gasteiger partial charge is 0.390 e. The first-order valence-corrected chi connectivity index (χ1v) is 14.5. The summed E-state index contributed by atoms with van der Waals surface area (Å²) in [5, 5.41) is 23.9. The number of nitrogens with zero attached hydrogens (tertiary/aromatic N) is 3. The molecular weight excluding hydrogens is 560 g/mol. The van der Waals surface area contributed by atoms with Gasteiger partial charge in [0.15, 0.2) is 0 Å². The number of aliphatic hydroxyl groups is 1. The predicted octanol–water partition coefficient (Wildman–Crippen LogP) is 4.41. The summed E-state index contributed by atoms with van der Waals surface area (Å²) < 4.78 is 28.3. The Labute approximate surface area is 247 Å². The third-order valence-electron chi connectivity index (χ3n) is 6.72. The minimum Gasteiger partial charge on any atom is -0.390 e. The lowest BCUT2D eigenvalue weighted by atomic mass is 9.98. The maximum atomic E-state index is 14.1. The van der Waals surface area contributed by atoms with Gasteiger partial charge in [-0.25, -0.2) is 8.78 Å². The van der Waals surface area contributed by atoms with E-state index in [4.69, 9.17) is 5.73 Å². The minimum atomic E-state index is -1.19. The van der Waals surface area contributed by atoms with E-state index >= 15 is 0 Å². The molecule has 0 saturated heterocycles. The normalized spacial score (nSPS) is 12.6. The zero-order valence-corrected chi connectivity index (χ0v) is 24.0. The summed E-state index contributed by atoms with van der Waals surface area (Å²) in [5.41, 5.74) is 8.55. The second-order valence-electron chi connectivity index (χ2n) is 9.91. The smallest absolute Gasteiger partial charge is 0.229 e. The lowest BCUT2D eigenvalue weighted by Gasteiger charge is -2.33. The number of carbonyl (C=O) groups excluding carboxylic acids is 2. The number of aromatic nitrogens is 2. The van der Waals surface area contributed by atoms with Crippen LogP contribution in [-0.2, 0) is 29.0 Å². The molecular formula is C31H33F2N5O3S. The average molecular weight is 594 g/mol. The van der Waals surface area contributed by atoms with Crippen molar-refractivity contribution in [3.05, 3.63) is 101 Å². The highest BCUT2D eigenvalue weighted by Gasteiger charge is 2.34. The van der Waals surface area contributed by atoms with E-state index in [1.807, 2.05) is 48.5 Å². The summed E-state index contributed by atoms with van der Waals surface area (Å²) in [4.78, 5) is 26.4. The number of nitrogens with two attached hydrogens (primary N) is 1. The Kier molecular flexibility index (Phi) is 10.8. The van der Waals surface area contributed by atoms with Crippen LogP contribution >= 0.6 is 11.3 Å². The van der Waals surface area contributed by atoms with Gasteiger partial charge in [-0.2, -0.15) is 0 Å². The Morgan fingerprint density at radius 3 is 2.36 bits per heavy atom. The number of anilines is 1. The summed E-state index contributed by atoms with van der Waals surface area (Å²) in [6, 6.07) is 19.4. The van der Waals surface area contributed by atoms with Crippen molar-refractivity contribution in [3.63, 3.8) is 0 Å². The van der Waals surface area contributed by atoms with Gasteiger partial charge in [-0.1, -0.05) is 72.9 Å². The molecule has 220 valence electrons. The molecule has 11 heteroatoms. The van der Waals surface area contributed by atoms with E-state index in [0.29, 0.717) is 11.6 Å². The number of carbonyl (C=O) groups is 2. The monoisotopic (exact) mass is 593 g/mol. The van der Waals surface area contributed by atoms with Crippen molar-refractivity contribution in [2.75, 3.05) is 11.4 Å². The zero-order valence-electron chi connectivity index (χ0n) is 23.2. The van der Waals surface area contributed by atoms with Crippen molar-refractivity contribution in [3.8, 4) is 10.6 Å². The van der Waals surface area contributed by atoms with E-state index in [0.717, 1.165) is 47.1 Å². The molecule has 0 unspecified atom stereocenters. The van der Waals surface area contributed by atoms with Crippen LogP contribution in [0.4, 0.5) is 13.9 Å². The van der Waals surface area contributed by atoms with Crippen LogP contribution in [0, 0.1) is 11.6 Å². The summed E-state index contributed by atoms with van der Waals surface area (Å²) in [6.45, 7) is 2.58. The third-order valence-corrected chi connectivity index (χ3v) is 7.69. The predicted molar refractivity (Wildman–Crippen MR) is 159 cm³/mol. The van der Waals surface area contributed by atoms with E-state index in [1.165, 1.54) is 10.5 Å². The molecule has 2 amide bonds. The average Bonchev–Trinajstić information content (AvgIpc) is 3.45. The number of rotatable bonds is 14. The van der Waals surface area contributed by atoms with E-state index in [9.17, 15) is 23.5 Å². The van der Waals surface area contributed by atoms with Gasteiger partial charge in [-0.05, 0) is 41.7 Å². The highest BCUT2D eigenvalue weighted by Crippen LogP contribution is 2.32. The second kappa shape index (κ2) is 14.7. The number of benzene rings is 3. The van der Waals surface area contributed by atoms with Crippen LogP contribution in [0.25, 0.3) is 10.6 Å². The summed E-state index contributed by atoms with van der Waals surface area (Å²) in [6.07, 6.45) is -0.854. The highest BCUT2D eigenvalue weighted by molar-refractivity contribution is 7.18. The van der Waals surface area contributed by atoms with E-state index in [1.54, 1.807) is 0 Å². The Bertz CT molecular complexity index is 1480. The van der Waals surface area contributed by atoms with Gasteiger partial charge in [0, 0.05) is 37.6 Å². The van der Waals surface area contributed by atoms with Gasteiger partial charge < -0.3 is 16.2 Å². The van der Waals surface area contributed by atoms with Crippen LogP contribution < -0.4 is 16.0 Å². The molecule has 4 rings (SSSR count). The van der Waals surface area contributed by atoms with Crippen molar-refractivity contribution in [1.82, 2.24) is 15.5 Å². The molecule has 4 N–H and O–H groups in total. The first-order valence-electron chi connectivity index (χ1n) is 13.6. The molecule has 1 heterocycles. The summed E-state index contributed by atoms with van der Waals surface area (Å²) >= 11 is 1.13. The van der Waals surface area contributed by atoms with E-state index < -0.39 is 35.6 Å². The van der Waals surface area contributed by atoms with Crippen LogP contribution in [0.1, 0.15) is 36.5 Å². The lowest BCUT2D eigenvalue weighted by Crippen LogP contribution is -2.52. The number of nitrogens with one attached hydrogen (secondary N) is 1. The maximum absolute atomic E-state index is 14.1. The molecule has 3 aromatic carbocycles. The van der Waals surface area contributed by atoms with Crippen LogP contribution in [-0.4, -0.2) is 45.8 Å². The van der Waals surface area contributed by atoms with Crippen LogP contribution in [0.3, 0.4) is 0 Å². The Morgan fingerprint density at radius 2 is 1.67 bits per heavy atom. The van der Waals surface area contributed by atoms with Crippen molar-refractivity contribution in [1.29, 1.82) is 0 Å². The molecule has 42 heavy (non-hydrogen) atoms. The third kappa shape index (κ3) is 8.48. The van der Waals surface area contributed by atoms with Gasteiger partial charge in [0.25, 0.3) is 0 Å². The fraction of sp³-hybridized carbons (Fsp3) is 0.290. The zero-order chi connectivity index (χ0) is 30.1. The molecule has 0 aliphatic carbocycles. The van der Waals surface area contributed by atoms with Gasteiger partial charge in [0.05, 0.1) is 12.1 Å². The van der Waals surface area contributed by atoms with Crippen LogP contribution in [0.2, 0.25) is 0 Å². The van der Waals surface area contributed by atoms with Crippen LogP contribution in [0.15, 0.2) is 72.8 Å². The standard InChI is InChI=1S/C31H33F2N5O3S/c1-2-20-7-6-8-21(13-20)18-35-19-27(39)26(16-22-14-24(32)17-25(33)15-22)38(29(41)12-11-28(34)40)31-37-36-30(42-31)23-9-4-3-5-10-23/h3-10,13-15,17,26-27,35,39H,2,11-12,16,18-19H2,1H3,(H2,34,40)/t26-,27+/m0/s1. The molecule has 1 aromatic heterocycles. The van der Waals surface area contributed by atoms with Gasteiger partial charge in [-0.15, -0.1) is 10.2 Å². The first kappa shape index (κ1) is 30.9. The molecule has 0 fully saturated rings. The number of hydrogen-bond donors (Lipinski definition) is 3. The van der Waals surface area contributed by atoms with E-state index in [2.05, 4.69) is 28.5 Å². The van der Waals surface area contributed by atoms with Crippen molar-refractivity contribution in [2.45, 2.75) is 51.3 Å². The fourth-order valence-electron chi connectivity index (χ4n) is 4.62.